The maximum atomic E-state index is 6.34. The lowest BCUT2D eigenvalue weighted by Gasteiger charge is -2.22. The van der Waals surface area contributed by atoms with Crippen LogP contribution < -0.4 is 0 Å². The molecule has 93 heavy (non-hydrogen) atoms. The zero-order valence-electron chi connectivity index (χ0n) is 50.6. The third-order valence-corrected chi connectivity index (χ3v) is 18.7. The fourth-order valence-electron chi connectivity index (χ4n) is 14.3. The van der Waals surface area contributed by atoms with Gasteiger partial charge in [-0.05, 0) is 169 Å². The molecule has 0 aliphatic carbocycles. The Hall–Kier alpha value is -12.4. The largest absolute Gasteiger partial charge is 0.305 e. The molecular weight excluding hydrogens is 1130 g/mol. The van der Waals surface area contributed by atoms with Gasteiger partial charge in [0.1, 0.15) is 5.82 Å². The smallest absolute Gasteiger partial charge is 0.165 e. The SMILES string of the molecule is c1ccc(-c2ccc3c(c2)c2cc(-c4ccccc4)ccc2n3-c2cc(-c3cccc(-c4cccnc4)c3)c(-n3c4ccc(-c5ccccc5)cc4c4cc(-c5ccccc5)ccc43)c(-n3c4ccc(-c5ccccc5)cc4c4cc(-c5ccccc5)ccc43)n2)cc1. The molecule has 5 heteroatoms. The quantitative estimate of drug-likeness (QED) is 0.129. The van der Waals surface area contributed by atoms with Gasteiger partial charge < -0.3 is 4.57 Å². The van der Waals surface area contributed by atoms with Crippen LogP contribution >= 0.6 is 0 Å². The number of hydrogen-bond donors (Lipinski definition) is 0. The van der Waals surface area contributed by atoms with E-state index in [1.54, 1.807) is 0 Å². The van der Waals surface area contributed by atoms with Gasteiger partial charge in [-0.15, -0.1) is 0 Å². The van der Waals surface area contributed by atoms with Crippen LogP contribution in [0, 0.1) is 0 Å². The summed E-state index contributed by atoms with van der Waals surface area (Å²) in [5.41, 5.74) is 25.2. The first-order valence-corrected chi connectivity index (χ1v) is 31.8. The summed E-state index contributed by atoms with van der Waals surface area (Å²) >= 11 is 0. The van der Waals surface area contributed by atoms with E-state index in [-0.39, 0.29) is 0 Å². The number of nitrogens with zero attached hydrogens (tertiary/aromatic N) is 5. The van der Waals surface area contributed by atoms with Crippen molar-refractivity contribution in [3.63, 3.8) is 0 Å². The van der Waals surface area contributed by atoms with Gasteiger partial charge in [-0.1, -0.05) is 243 Å². The van der Waals surface area contributed by atoms with Gasteiger partial charge in [-0.2, -0.15) is 0 Å². The standard InChI is InChI=1S/C88H57N5/c1-7-21-58(22-8-1)65-36-42-80-74(50-65)75-51-66(59-23-9-2-10-24-59)37-43-81(75)91(80)86-56-73(71-34-19-33-64(49-71)72-35-20-48-89-57-72)87(92-82-44-38-67(60-25-11-3-12-26-60)52-76(82)77-53-68(39-45-83(77)92)61-27-13-4-14-28-61)88(90-86)93-84-46-40-69(62-29-15-5-16-30-62)54-78(84)79-55-70(41-47-85(79)93)63-31-17-6-18-32-63/h1-57H. The van der Waals surface area contributed by atoms with Gasteiger partial charge >= 0.3 is 0 Å². The van der Waals surface area contributed by atoms with Crippen LogP contribution in [-0.4, -0.2) is 23.7 Å². The second kappa shape index (κ2) is 22.2. The lowest BCUT2D eigenvalue weighted by atomic mass is 9.98. The Bertz CT molecular complexity index is 5590. The molecule has 0 amide bonds. The molecule has 5 aromatic heterocycles. The minimum absolute atomic E-state index is 0.782. The molecule has 5 nitrogen and oxygen atoms in total. The molecule has 0 saturated heterocycles. The van der Waals surface area contributed by atoms with Crippen molar-refractivity contribution in [1.29, 1.82) is 0 Å². The van der Waals surface area contributed by atoms with Crippen molar-refractivity contribution in [2.45, 2.75) is 0 Å². The fourth-order valence-corrected chi connectivity index (χ4v) is 14.3. The number of pyridine rings is 2. The third-order valence-electron chi connectivity index (χ3n) is 18.7. The van der Waals surface area contributed by atoms with Gasteiger partial charge in [0.05, 0.1) is 38.8 Å². The van der Waals surface area contributed by atoms with Crippen LogP contribution in [0.25, 0.3) is 172 Å². The number of rotatable bonds is 11. The van der Waals surface area contributed by atoms with Crippen molar-refractivity contribution in [1.82, 2.24) is 23.7 Å². The van der Waals surface area contributed by atoms with Crippen molar-refractivity contribution in [2.24, 2.45) is 0 Å². The highest BCUT2D eigenvalue weighted by Crippen LogP contribution is 2.47. The molecule has 0 saturated carbocycles. The van der Waals surface area contributed by atoms with Crippen LogP contribution in [0.5, 0.6) is 0 Å². The summed E-state index contributed by atoms with van der Waals surface area (Å²) in [6.45, 7) is 0. The van der Waals surface area contributed by atoms with Gasteiger partial charge in [0.15, 0.2) is 5.82 Å². The Morgan fingerprint density at radius 1 is 0.204 bits per heavy atom. The van der Waals surface area contributed by atoms with Crippen LogP contribution in [0.15, 0.2) is 346 Å². The van der Waals surface area contributed by atoms with E-state index in [1.165, 1.54) is 0 Å². The molecular formula is C88H57N5. The normalized spacial score (nSPS) is 11.7. The first-order chi connectivity index (χ1) is 46.1. The molecule has 0 aliphatic heterocycles. The predicted molar refractivity (Wildman–Crippen MR) is 389 cm³/mol. The van der Waals surface area contributed by atoms with Gasteiger partial charge in [-0.25, -0.2) is 4.98 Å². The number of fused-ring (bicyclic) bond motifs is 9. The second-order valence-corrected chi connectivity index (χ2v) is 24.1. The van der Waals surface area contributed by atoms with Gasteiger partial charge in [-0.3, -0.25) is 14.1 Å². The van der Waals surface area contributed by atoms with E-state index in [4.69, 9.17) is 4.98 Å². The summed E-state index contributed by atoms with van der Waals surface area (Å²) in [5, 5.41) is 6.82. The average molecular weight is 1180 g/mol. The van der Waals surface area contributed by atoms with E-state index in [9.17, 15) is 0 Å². The third kappa shape index (κ3) is 9.24. The number of aromatic nitrogens is 5. The lowest BCUT2D eigenvalue weighted by Crippen LogP contribution is -2.11. The first kappa shape index (κ1) is 53.6. The Kier molecular flexibility index (Phi) is 12.8. The van der Waals surface area contributed by atoms with E-state index in [2.05, 4.69) is 346 Å². The molecule has 13 aromatic carbocycles. The van der Waals surface area contributed by atoms with Gasteiger partial charge in [0, 0.05) is 55.8 Å². The zero-order valence-corrected chi connectivity index (χ0v) is 50.6. The number of benzene rings is 13. The molecule has 18 rings (SSSR count). The molecule has 0 fully saturated rings. The summed E-state index contributed by atoms with van der Waals surface area (Å²) < 4.78 is 7.39. The molecule has 0 N–H and O–H groups in total. The minimum atomic E-state index is 0.782. The van der Waals surface area contributed by atoms with E-state index in [1.807, 2.05) is 18.5 Å². The van der Waals surface area contributed by atoms with E-state index >= 15 is 0 Å². The Morgan fingerprint density at radius 3 is 0.828 bits per heavy atom. The molecule has 0 radical (unpaired) electrons. The first-order valence-electron chi connectivity index (χ1n) is 31.8. The van der Waals surface area contributed by atoms with E-state index in [0.717, 1.165) is 172 Å². The van der Waals surface area contributed by atoms with Crippen LogP contribution in [0.3, 0.4) is 0 Å². The molecule has 434 valence electrons. The molecule has 0 atom stereocenters. The molecule has 0 spiro atoms. The monoisotopic (exact) mass is 1180 g/mol. The van der Waals surface area contributed by atoms with Crippen molar-refractivity contribution in [2.75, 3.05) is 0 Å². The highest BCUT2D eigenvalue weighted by Gasteiger charge is 2.28. The highest BCUT2D eigenvalue weighted by molar-refractivity contribution is 6.16. The Morgan fingerprint density at radius 2 is 0.495 bits per heavy atom. The summed E-state index contributed by atoms with van der Waals surface area (Å²) in [5.74, 6) is 1.56. The Balaban J connectivity index is 1.02. The van der Waals surface area contributed by atoms with Crippen molar-refractivity contribution >= 4 is 65.4 Å². The summed E-state index contributed by atoms with van der Waals surface area (Å²) in [4.78, 5) is 11.0. The summed E-state index contributed by atoms with van der Waals surface area (Å²) in [6.07, 6.45) is 3.80. The van der Waals surface area contributed by atoms with Crippen LogP contribution in [0.1, 0.15) is 0 Å². The summed E-state index contributed by atoms with van der Waals surface area (Å²) in [6, 6.07) is 122. The highest BCUT2D eigenvalue weighted by atomic mass is 15.2. The molecule has 18 aromatic rings. The second-order valence-electron chi connectivity index (χ2n) is 24.1. The molecule has 0 bridgehead atoms. The van der Waals surface area contributed by atoms with Crippen molar-refractivity contribution in [3.05, 3.63) is 346 Å². The fraction of sp³-hybridized carbons (Fsp3) is 0. The molecule has 0 aliphatic rings. The predicted octanol–water partition coefficient (Wildman–Crippen LogP) is 23.1. The zero-order chi connectivity index (χ0) is 61.3. The van der Waals surface area contributed by atoms with Crippen molar-refractivity contribution in [3.8, 4) is 106 Å². The topological polar surface area (TPSA) is 40.6 Å². The average Bonchev–Trinajstić information content (AvgIpc) is 1.64. The maximum Gasteiger partial charge on any atom is 0.165 e. The lowest BCUT2D eigenvalue weighted by molar-refractivity contribution is 0.985. The number of hydrogen-bond acceptors (Lipinski definition) is 2. The summed E-state index contributed by atoms with van der Waals surface area (Å²) in [7, 11) is 0. The van der Waals surface area contributed by atoms with Gasteiger partial charge in [0.25, 0.3) is 0 Å². The van der Waals surface area contributed by atoms with Crippen LogP contribution in [0.2, 0.25) is 0 Å². The van der Waals surface area contributed by atoms with Gasteiger partial charge in [0.2, 0.25) is 0 Å². The van der Waals surface area contributed by atoms with Crippen molar-refractivity contribution < 1.29 is 0 Å². The van der Waals surface area contributed by atoms with Crippen LogP contribution in [0.4, 0.5) is 0 Å². The van der Waals surface area contributed by atoms with E-state index in [0.29, 0.717) is 0 Å². The Labute approximate surface area is 538 Å². The molecule has 0 unspecified atom stereocenters. The molecule has 5 heterocycles. The van der Waals surface area contributed by atoms with Crippen LogP contribution in [-0.2, 0) is 0 Å². The van der Waals surface area contributed by atoms with E-state index < -0.39 is 0 Å². The maximum absolute atomic E-state index is 6.34. The minimum Gasteiger partial charge on any atom is -0.305 e.